The maximum Gasteiger partial charge on any atom is 0.182 e. The molecule has 5 heteroatoms. The number of rotatable bonds is 1. The molecule has 0 atom stereocenters. The van der Waals surface area contributed by atoms with E-state index >= 15 is 0 Å². The number of aromatic nitrogens is 3. The van der Waals surface area contributed by atoms with E-state index in [1.165, 1.54) is 0 Å². The highest BCUT2D eigenvalue weighted by Crippen LogP contribution is 2.20. The van der Waals surface area contributed by atoms with E-state index in [0.717, 1.165) is 15.8 Å². The topological polar surface area (TPSA) is 30.2 Å². The van der Waals surface area contributed by atoms with E-state index in [2.05, 4.69) is 26.0 Å². The van der Waals surface area contributed by atoms with E-state index in [9.17, 15) is 0 Å². The largest absolute Gasteiger partial charge is 0.207 e. The fourth-order valence-corrected chi connectivity index (χ4v) is 2.13. The molecule has 0 N–H and O–H groups in total. The molecule has 1 aromatic carbocycles. The third-order valence-electron chi connectivity index (χ3n) is 2.42. The predicted molar refractivity (Wildman–Crippen MR) is 71.1 cm³/mol. The molecule has 0 aliphatic heterocycles. The standard InChI is InChI=1S/C12H7BrClN3/c13-10-2-1-3-11-15-12(16-17(10)11)8-4-6-9(14)7-5-8/h1-7H. The van der Waals surface area contributed by atoms with Gasteiger partial charge in [0.05, 0.1) is 0 Å². The first-order valence-corrected chi connectivity index (χ1v) is 6.18. The lowest BCUT2D eigenvalue weighted by Crippen LogP contribution is -1.88. The van der Waals surface area contributed by atoms with Gasteiger partial charge in [-0.3, -0.25) is 0 Å². The van der Waals surface area contributed by atoms with Crippen LogP contribution in [0, 0.1) is 0 Å². The summed E-state index contributed by atoms with van der Waals surface area (Å²) < 4.78 is 2.63. The van der Waals surface area contributed by atoms with Crippen LogP contribution in [0.4, 0.5) is 0 Å². The Morgan fingerprint density at radius 2 is 1.82 bits per heavy atom. The highest BCUT2D eigenvalue weighted by atomic mass is 79.9. The number of hydrogen-bond acceptors (Lipinski definition) is 2. The predicted octanol–water partition coefficient (Wildman–Crippen LogP) is 3.81. The molecule has 2 aromatic heterocycles. The summed E-state index contributed by atoms with van der Waals surface area (Å²) in [6.45, 7) is 0. The van der Waals surface area contributed by atoms with Crippen LogP contribution in [-0.4, -0.2) is 14.6 Å². The van der Waals surface area contributed by atoms with Crippen LogP contribution in [0.5, 0.6) is 0 Å². The molecule has 84 valence electrons. The Morgan fingerprint density at radius 1 is 1.06 bits per heavy atom. The summed E-state index contributed by atoms with van der Waals surface area (Å²) >= 11 is 9.28. The molecule has 0 radical (unpaired) electrons. The number of halogens is 2. The molecule has 0 spiro atoms. The van der Waals surface area contributed by atoms with Crippen molar-refractivity contribution in [2.75, 3.05) is 0 Å². The minimum atomic E-state index is 0.688. The van der Waals surface area contributed by atoms with Gasteiger partial charge in [0.2, 0.25) is 0 Å². The lowest BCUT2D eigenvalue weighted by atomic mass is 10.2. The summed E-state index contributed by atoms with van der Waals surface area (Å²) in [5.41, 5.74) is 1.76. The Hall–Kier alpha value is -1.39. The molecule has 3 nitrogen and oxygen atoms in total. The van der Waals surface area contributed by atoms with Crippen molar-refractivity contribution in [3.8, 4) is 11.4 Å². The maximum atomic E-state index is 5.85. The van der Waals surface area contributed by atoms with E-state index < -0.39 is 0 Å². The first-order valence-electron chi connectivity index (χ1n) is 5.01. The highest BCUT2D eigenvalue weighted by molar-refractivity contribution is 9.10. The van der Waals surface area contributed by atoms with Crippen LogP contribution in [0.1, 0.15) is 0 Å². The molecule has 0 fully saturated rings. The number of pyridine rings is 1. The van der Waals surface area contributed by atoms with Gasteiger partial charge < -0.3 is 0 Å². The molecule has 0 saturated heterocycles. The van der Waals surface area contributed by atoms with Crippen molar-refractivity contribution in [2.45, 2.75) is 0 Å². The van der Waals surface area contributed by atoms with Gasteiger partial charge in [-0.1, -0.05) is 17.7 Å². The number of nitrogens with zero attached hydrogens (tertiary/aromatic N) is 3. The summed E-state index contributed by atoms with van der Waals surface area (Å²) in [7, 11) is 0. The van der Waals surface area contributed by atoms with Gasteiger partial charge >= 0.3 is 0 Å². The monoisotopic (exact) mass is 307 g/mol. The molecule has 0 bridgehead atoms. The van der Waals surface area contributed by atoms with E-state index in [-0.39, 0.29) is 0 Å². The normalized spacial score (nSPS) is 10.9. The lowest BCUT2D eigenvalue weighted by Gasteiger charge is -1.94. The van der Waals surface area contributed by atoms with E-state index in [4.69, 9.17) is 11.6 Å². The molecule has 0 amide bonds. The van der Waals surface area contributed by atoms with Gasteiger partial charge in [-0.2, -0.15) is 0 Å². The SMILES string of the molecule is Clc1ccc(-c2nc3cccc(Br)n3n2)cc1. The van der Waals surface area contributed by atoms with Crippen LogP contribution in [-0.2, 0) is 0 Å². The molecule has 2 heterocycles. The number of benzene rings is 1. The zero-order valence-corrected chi connectivity index (χ0v) is 11.0. The van der Waals surface area contributed by atoms with Crippen molar-refractivity contribution in [3.63, 3.8) is 0 Å². The third kappa shape index (κ3) is 1.94. The molecule has 0 unspecified atom stereocenters. The molecular weight excluding hydrogens is 302 g/mol. The zero-order valence-electron chi connectivity index (χ0n) is 8.64. The van der Waals surface area contributed by atoms with Gasteiger partial charge in [0.1, 0.15) is 4.60 Å². The minimum absolute atomic E-state index is 0.688. The number of fused-ring (bicyclic) bond motifs is 1. The van der Waals surface area contributed by atoms with Gasteiger partial charge in [0.25, 0.3) is 0 Å². The summed E-state index contributed by atoms with van der Waals surface area (Å²) in [4.78, 5) is 4.45. The van der Waals surface area contributed by atoms with Crippen molar-refractivity contribution in [1.29, 1.82) is 0 Å². The average Bonchev–Trinajstić information content (AvgIpc) is 2.75. The fourth-order valence-electron chi connectivity index (χ4n) is 1.59. The first-order chi connectivity index (χ1) is 8.24. The van der Waals surface area contributed by atoms with Gasteiger partial charge in [0, 0.05) is 10.6 Å². The van der Waals surface area contributed by atoms with Crippen molar-refractivity contribution in [2.24, 2.45) is 0 Å². The maximum absolute atomic E-state index is 5.85. The molecule has 0 saturated carbocycles. The molecule has 17 heavy (non-hydrogen) atoms. The lowest BCUT2D eigenvalue weighted by molar-refractivity contribution is 0.940. The smallest absolute Gasteiger partial charge is 0.182 e. The third-order valence-corrected chi connectivity index (χ3v) is 3.27. The Bertz CT molecular complexity index is 676. The minimum Gasteiger partial charge on any atom is -0.207 e. The second kappa shape index (κ2) is 4.13. The van der Waals surface area contributed by atoms with E-state index in [1.807, 2.05) is 42.5 Å². The van der Waals surface area contributed by atoms with Crippen LogP contribution in [0.3, 0.4) is 0 Å². The quantitative estimate of drug-likeness (QED) is 0.640. The Morgan fingerprint density at radius 3 is 2.53 bits per heavy atom. The van der Waals surface area contributed by atoms with Gasteiger partial charge in [-0.25, -0.2) is 9.50 Å². The summed E-state index contributed by atoms with van der Waals surface area (Å²) in [6.07, 6.45) is 0. The zero-order chi connectivity index (χ0) is 11.8. The van der Waals surface area contributed by atoms with Gasteiger partial charge in [0.15, 0.2) is 11.5 Å². The van der Waals surface area contributed by atoms with Crippen molar-refractivity contribution >= 4 is 33.2 Å². The number of hydrogen-bond donors (Lipinski definition) is 0. The van der Waals surface area contributed by atoms with Crippen molar-refractivity contribution in [1.82, 2.24) is 14.6 Å². The van der Waals surface area contributed by atoms with Crippen LogP contribution in [0.25, 0.3) is 17.0 Å². The van der Waals surface area contributed by atoms with Crippen LogP contribution in [0.15, 0.2) is 47.1 Å². The highest BCUT2D eigenvalue weighted by Gasteiger charge is 2.07. The summed E-state index contributed by atoms with van der Waals surface area (Å²) in [6, 6.07) is 13.2. The molecule has 3 aromatic rings. The fraction of sp³-hybridized carbons (Fsp3) is 0. The molecule has 0 aliphatic carbocycles. The second-order valence-corrected chi connectivity index (χ2v) is 4.81. The summed E-state index contributed by atoms with van der Waals surface area (Å²) in [5.74, 6) is 0.688. The first kappa shape index (κ1) is 10.7. The second-order valence-electron chi connectivity index (χ2n) is 3.56. The van der Waals surface area contributed by atoms with Crippen LogP contribution >= 0.6 is 27.5 Å². The molecular formula is C12H7BrClN3. The van der Waals surface area contributed by atoms with E-state index in [0.29, 0.717) is 10.8 Å². The summed E-state index contributed by atoms with van der Waals surface area (Å²) in [5, 5.41) is 5.13. The Labute approximate surface area is 111 Å². The van der Waals surface area contributed by atoms with Crippen molar-refractivity contribution < 1.29 is 0 Å². The van der Waals surface area contributed by atoms with Gasteiger partial charge in [-0.05, 0) is 52.3 Å². The van der Waals surface area contributed by atoms with E-state index in [1.54, 1.807) is 4.52 Å². The Kier molecular flexibility index (Phi) is 2.61. The van der Waals surface area contributed by atoms with Crippen LogP contribution in [0.2, 0.25) is 5.02 Å². The van der Waals surface area contributed by atoms with Crippen molar-refractivity contribution in [3.05, 3.63) is 52.1 Å². The van der Waals surface area contributed by atoms with Gasteiger partial charge in [-0.15, -0.1) is 5.10 Å². The Balaban J connectivity index is 2.18. The molecule has 3 rings (SSSR count). The molecule has 0 aliphatic rings. The average molecular weight is 309 g/mol. The van der Waals surface area contributed by atoms with Crippen LogP contribution < -0.4 is 0 Å².